The van der Waals surface area contributed by atoms with Crippen LogP contribution in [0.3, 0.4) is 0 Å². The van der Waals surface area contributed by atoms with Gasteiger partial charge in [0, 0.05) is 33.9 Å². The summed E-state index contributed by atoms with van der Waals surface area (Å²) in [6.07, 6.45) is 5.63. The summed E-state index contributed by atoms with van der Waals surface area (Å²) in [5.74, 6) is 0. The van der Waals surface area contributed by atoms with Crippen molar-refractivity contribution < 1.29 is 0 Å². The van der Waals surface area contributed by atoms with Crippen LogP contribution in [0.5, 0.6) is 0 Å². The van der Waals surface area contributed by atoms with Gasteiger partial charge in [-0.05, 0) is 36.4 Å². The molecule has 3 heterocycles. The largest absolute Gasteiger partial charge is 0.317 e. The first kappa shape index (κ1) is 15.2. The minimum absolute atomic E-state index is 1.07. The Bertz CT molecular complexity index is 1520. The van der Waals surface area contributed by atoms with E-state index < -0.39 is 0 Å². The van der Waals surface area contributed by atoms with Crippen molar-refractivity contribution >= 4 is 49.8 Å². The molecule has 3 aromatic carbocycles. The molecule has 0 fully saturated rings. The Morgan fingerprint density at radius 1 is 0.679 bits per heavy atom. The highest BCUT2D eigenvalue weighted by Crippen LogP contribution is 2.38. The molecule has 0 aliphatic carbocycles. The minimum atomic E-state index is 1.07. The van der Waals surface area contributed by atoms with Gasteiger partial charge in [0.1, 0.15) is 0 Å². The molecule has 0 amide bonds. The summed E-state index contributed by atoms with van der Waals surface area (Å²) < 4.78 is 4.48. The quantitative estimate of drug-likeness (QED) is 0.351. The molecule has 0 N–H and O–H groups in total. The molecule has 0 saturated heterocycles. The smallest absolute Gasteiger partial charge is 0.0645 e. The monoisotopic (exact) mass is 359 g/mol. The maximum atomic E-state index is 4.35. The molecule has 0 aliphatic heterocycles. The lowest BCUT2D eigenvalue weighted by Crippen LogP contribution is -1.94. The predicted molar refractivity (Wildman–Crippen MR) is 118 cm³/mol. The fourth-order valence-corrected chi connectivity index (χ4v) is 4.42. The van der Waals surface area contributed by atoms with E-state index in [1.54, 1.807) is 0 Å². The molecule has 0 bridgehead atoms. The van der Waals surface area contributed by atoms with Gasteiger partial charge in [-0.2, -0.15) is 0 Å². The second kappa shape index (κ2) is 5.57. The zero-order valence-corrected chi connectivity index (χ0v) is 15.2. The van der Waals surface area contributed by atoms with Crippen molar-refractivity contribution in [2.75, 3.05) is 0 Å². The highest BCUT2D eigenvalue weighted by Gasteiger charge is 2.16. The molecule has 6 rings (SSSR count). The van der Waals surface area contributed by atoms with E-state index in [0.717, 1.165) is 5.69 Å². The van der Waals surface area contributed by atoms with Crippen LogP contribution in [0.15, 0.2) is 91.8 Å². The molecule has 0 radical (unpaired) electrons. The standard InChI is InChI=1S/C25H17N3/c1-2-27-22-11-5-3-9-18(22)20-15-25-21(14-24(20)27)19-10-4-6-12-23(19)28(25)17-8-7-13-26-16-17/h2-16H,1H2. The lowest BCUT2D eigenvalue weighted by Gasteiger charge is -2.07. The van der Waals surface area contributed by atoms with Crippen LogP contribution in [-0.4, -0.2) is 14.1 Å². The van der Waals surface area contributed by atoms with Crippen LogP contribution in [0, 0.1) is 0 Å². The molecule has 0 atom stereocenters. The van der Waals surface area contributed by atoms with E-state index in [2.05, 4.69) is 87.4 Å². The van der Waals surface area contributed by atoms with Gasteiger partial charge in [0.2, 0.25) is 0 Å². The molecule has 3 nitrogen and oxygen atoms in total. The van der Waals surface area contributed by atoms with Gasteiger partial charge in [0.15, 0.2) is 0 Å². The minimum Gasteiger partial charge on any atom is -0.317 e. The Morgan fingerprint density at radius 3 is 2.11 bits per heavy atom. The number of hydrogen-bond donors (Lipinski definition) is 0. The molecule has 0 unspecified atom stereocenters. The third-order valence-corrected chi connectivity index (χ3v) is 5.59. The Hall–Kier alpha value is -3.85. The second-order valence-electron chi connectivity index (χ2n) is 7.02. The molecular weight excluding hydrogens is 342 g/mol. The average molecular weight is 359 g/mol. The van der Waals surface area contributed by atoms with Crippen LogP contribution in [0.25, 0.3) is 55.5 Å². The molecule has 6 aromatic rings. The first-order chi connectivity index (χ1) is 13.9. The third-order valence-electron chi connectivity index (χ3n) is 5.59. The van der Waals surface area contributed by atoms with Crippen molar-refractivity contribution in [1.29, 1.82) is 0 Å². The van der Waals surface area contributed by atoms with E-state index in [1.165, 1.54) is 43.6 Å². The first-order valence-electron chi connectivity index (χ1n) is 9.35. The summed E-state index contributed by atoms with van der Waals surface area (Å²) in [4.78, 5) is 4.35. The van der Waals surface area contributed by atoms with E-state index in [1.807, 2.05) is 24.7 Å². The van der Waals surface area contributed by atoms with E-state index in [4.69, 9.17) is 0 Å². The fourth-order valence-electron chi connectivity index (χ4n) is 4.42. The summed E-state index contributed by atoms with van der Waals surface area (Å²) in [6.45, 7) is 4.05. The van der Waals surface area contributed by atoms with E-state index in [9.17, 15) is 0 Å². The first-order valence-corrected chi connectivity index (χ1v) is 9.35. The van der Waals surface area contributed by atoms with Crippen LogP contribution >= 0.6 is 0 Å². The van der Waals surface area contributed by atoms with Gasteiger partial charge < -0.3 is 9.13 Å². The van der Waals surface area contributed by atoms with Crippen molar-refractivity contribution in [2.45, 2.75) is 0 Å². The lowest BCUT2D eigenvalue weighted by atomic mass is 10.1. The van der Waals surface area contributed by atoms with Gasteiger partial charge >= 0.3 is 0 Å². The van der Waals surface area contributed by atoms with Crippen LogP contribution in [0.1, 0.15) is 0 Å². The van der Waals surface area contributed by atoms with Crippen molar-refractivity contribution in [3.05, 3.63) is 91.8 Å². The van der Waals surface area contributed by atoms with Gasteiger partial charge in [-0.3, -0.25) is 4.98 Å². The maximum absolute atomic E-state index is 4.35. The Labute approximate surface area is 161 Å². The fraction of sp³-hybridized carbons (Fsp3) is 0. The van der Waals surface area contributed by atoms with Crippen molar-refractivity contribution in [1.82, 2.24) is 14.1 Å². The highest BCUT2D eigenvalue weighted by atomic mass is 15.0. The van der Waals surface area contributed by atoms with E-state index in [-0.39, 0.29) is 0 Å². The number of fused-ring (bicyclic) bond motifs is 6. The van der Waals surface area contributed by atoms with Crippen LogP contribution in [0.4, 0.5) is 0 Å². The summed E-state index contributed by atoms with van der Waals surface area (Å²) in [7, 11) is 0. The number of rotatable bonds is 2. The molecule has 0 aliphatic rings. The van der Waals surface area contributed by atoms with Gasteiger partial charge in [-0.15, -0.1) is 0 Å². The lowest BCUT2D eigenvalue weighted by molar-refractivity contribution is 1.14. The maximum Gasteiger partial charge on any atom is 0.0645 e. The topological polar surface area (TPSA) is 22.8 Å². The molecule has 0 spiro atoms. The van der Waals surface area contributed by atoms with Crippen LogP contribution in [0.2, 0.25) is 0 Å². The molecule has 3 heteroatoms. The number of para-hydroxylation sites is 2. The Balaban J connectivity index is 1.88. The zero-order chi connectivity index (χ0) is 18.7. The number of aromatic nitrogens is 3. The van der Waals surface area contributed by atoms with E-state index >= 15 is 0 Å². The molecular formula is C25H17N3. The van der Waals surface area contributed by atoms with Crippen LogP contribution < -0.4 is 0 Å². The van der Waals surface area contributed by atoms with E-state index in [0.29, 0.717) is 0 Å². The predicted octanol–water partition coefficient (Wildman–Crippen LogP) is 6.39. The molecule has 28 heavy (non-hydrogen) atoms. The van der Waals surface area contributed by atoms with Gasteiger partial charge in [-0.25, -0.2) is 0 Å². The van der Waals surface area contributed by atoms with Crippen molar-refractivity contribution in [3.63, 3.8) is 0 Å². The Morgan fingerprint density at radius 2 is 1.36 bits per heavy atom. The summed E-state index contributed by atoms with van der Waals surface area (Å²) >= 11 is 0. The van der Waals surface area contributed by atoms with Gasteiger partial charge in [0.25, 0.3) is 0 Å². The number of pyridine rings is 1. The summed E-state index contributed by atoms with van der Waals surface area (Å²) in [5, 5.41) is 4.94. The molecule has 0 saturated carbocycles. The van der Waals surface area contributed by atoms with Crippen molar-refractivity contribution in [3.8, 4) is 5.69 Å². The summed E-state index contributed by atoms with van der Waals surface area (Å²) in [5.41, 5.74) is 5.80. The molecule has 132 valence electrons. The van der Waals surface area contributed by atoms with Crippen molar-refractivity contribution in [2.24, 2.45) is 0 Å². The second-order valence-corrected chi connectivity index (χ2v) is 7.02. The van der Waals surface area contributed by atoms with Gasteiger partial charge in [-0.1, -0.05) is 43.0 Å². The number of nitrogens with zero attached hydrogens (tertiary/aromatic N) is 3. The van der Waals surface area contributed by atoms with Gasteiger partial charge in [0.05, 0.1) is 34.0 Å². The SMILES string of the molecule is C=Cn1c2ccccc2c2cc3c(cc21)c1ccccc1n3-c1cccnc1. The van der Waals surface area contributed by atoms with Crippen LogP contribution in [-0.2, 0) is 0 Å². The normalized spacial score (nSPS) is 11.7. The summed E-state index contributed by atoms with van der Waals surface area (Å²) in [6, 6.07) is 25.7. The highest BCUT2D eigenvalue weighted by molar-refractivity contribution is 6.18. The number of hydrogen-bond acceptors (Lipinski definition) is 1. The third kappa shape index (κ3) is 1.90. The zero-order valence-electron chi connectivity index (χ0n) is 15.2. The average Bonchev–Trinajstić information content (AvgIpc) is 3.25. The number of benzene rings is 3. The molecule has 3 aromatic heterocycles. The Kier molecular flexibility index (Phi) is 3.03.